The molecule has 0 saturated carbocycles. The topological polar surface area (TPSA) is 105 Å². The Morgan fingerprint density at radius 1 is 1.12 bits per heavy atom. The number of amides is 1. The maximum atomic E-state index is 12.6. The SMILES string of the molecule is CC(NC(=O)c1ccccc1NS(C)(=O)=O)c1nnc2ccccn12. The summed E-state index contributed by atoms with van der Waals surface area (Å²) in [5, 5.41) is 11.0. The van der Waals surface area contributed by atoms with E-state index < -0.39 is 22.0 Å². The number of sulfonamides is 1. The van der Waals surface area contributed by atoms with Gasteiger partial charge >= 0.3 is 0 Å². The maximum absolute atomic E-state index is 12.6. The molecule has 2 N–H and O–H groups in total. The molecule has 0 aliphatic heterocycles. The zero-order chi connectivity index (χ0) is 18.0. The molecule has 25 heavy (non-hydrogen) atoms. The van der Waals surface area contributed by atoms with Gasteiger partial charge in [-0.3, -0.25) is 13.9 Å². The van der Waals surface area contributed by atoms with Crippen LogP contribution < -0.4 is 10.0 Å². The van der Waals surface area contributed by atoms with E-state index in [-0.39, 0.29) is 11.3 Å². The zero-order valence-corrected chi connectivity index (χ0v) is 14.5. The van der Waals surface area contributed by atoms with Crippen LogP contribution in [0.2, 0.25) is 0 Å². The Morgan fingerprint density at radius 2 is 1.84 bits per heavy atom. The number of pyridine rings is 1. The third kappa shape index (κ3) is 3.77. The van der Waals surface area contributed by atoms with Gasteiger partial charge in [0.25, 0.3) is 5.91 Å². The third-order valence-electron chi connectivity index (χ3n) is 3.54. The number of carbonyl (C=O) groups is 1. The molecule has 0 spiro atoms. The van der Waals surface area contributed by atoms with E-state index in [1.165, 1.54) is 6.07 Å². The molecule has 1 unspecified atom stereocenters. The minimum absolute atomic E-state index is 0.223. The molecule has 0 aliphatic carbocycles. The van der Waals surface area contributed by atoms with Crippen molar-refractivity contribution >= 4 is 27.3 Å². The van der Waals surface area contributed by atoms with Crippen LogP contribution in [-0.2, 0) is 10.0 Å². The van der Waals surface area contributed by atoms with Gasteiger partial charge in [-0.2, -0.15) is 0 Å². The molecule has 3 aromatic rings. The summed E-state index contributed by atoms with van der Waals surface area (Å²) < 4.78 is 27.1. The smallest absolute Gasteiger partial charge is 0.253 e. The van der Waals surface area contributed by atoms with Gasteiger partial charge < -0.3 is 5.32 Å². The molecule has 8 nitrogen and oxygen atoms in total. The van der Waals surface area contributed by atoms with E-state index in [4.69, 9.17) is 0 Å². The molecule has 3 rings (SSSR count). The predicted molar refractivity (Wildman–Crippen MR) is 93.8 cm³/mol. The van der Waals surface area contributed by atoms with Crippen LogP contribution in [0, 0.1) is 0 Å². The summed E-state index contributed by atoms with van der Waals surface area (Å²) in [7, 11) is -3.49. The van der Waals surface area contributed by atoms with Crippen molar-refractivity contribution < 1.29 is 13.2 Å². The lowest BCUT2D eigenvalue weighted by atomic mass is 10.1. The lowest BCUT2D eigenvalue weighted by Crippen LogP contribution is -2.29. The maximum Gasteiger partial charge on any atom is 0.253 e. The minimum atomic E-state index is -3.49. The second-order valence-electron chi connectivity index (χ2n) is 5.60. The van der Waals surface area contributed by atoms with E-state index in [9.17, 15) is 13.2 Å². The van der Waals surface area contributed by atoms with Crippen LogP contribution in [0.3, 0.4) is 0 Å². The van der Waals surface area contributed by atoms with Crippen molar-refractivity contribution in [3.8, 4) is 0 Å². The Morgan fingerprint density at radius 3 is 2.60 bits per heavy atom. The van der Waals surface area contributed by atoms with Crippen LogP contribution in [0.4, 0.5) is 5.69 Å². The predicted octanol–water partition coefficient (Wildman–Crippen LogP) is 1.59. The van der Waals surface area contributed by atoms with Gasteiger partial charge in [-0.25, -0.2) is 8.42 Å². The monoisotopic (exact) mass is 359 g/mol. The van der Waals surface area contributed by atoms with Gasteiger partial charge in [-0.15, -0.1) is 10.2 Å². The number of para-hydroxylation sites is 1. The largest absolute Gasteiger partial charge is 0.342 e. The van der Waals surface area contributed by atoms with Crippen LogP contribution in [0.15, 0.2) is 48.7 Å². The number of hydrogen-bond acceptors (Lipinski definition) is 5. The fourth-order valence-electron chi connectivity index (χ4n) is 2.46. The second kappa shape index (κ2) is 6.52. The molecule has 0 radical (unpaired) electrons. The molecule has 0 fully saturated rings. The van der Waals surface area contributed by atoms with E-state index >= 15 is 0 Å². The van der Waals surface area contributed by atoms with Crippen molar-refractivity contribution in [2.45, 2.75) is 13.0 Å². The molecule has 1 aromatic carbocycles. The van der Waals surface area contributed by atoms with E-state index in [2.05, 4.69) is 20.2 Å². The molecular weight excluding hydrogens is 342 g/mol. The average molecular weight is 359 g/mol. The summed E-state index contributed by atoms with van der Waals surface area (Å²) in [6, 6.07) is 11.5. The number of hydrogen-bond donors (Lipinski definition) is 2. The number of benzene rings is 1. The highest BCUT2D eigenvalue weighted by atomic mass is 32.2. The molecular formula is C16H17N5O3S. The van der Waals surface area contributed by atoms with Gasteiger partial charge in [0.15, 0.2) is 11.5 Å². The normalized spacial score (nSPS) is 12.7. The van der Waals surface area contributed by atoms with Gasteiger partial charge in [-0.05, 0) is 31.2 Å². The van der Waals surface area contributed by atoms with Gasteiger partial charge in [0.05, 0.1) is 23.5 Å². The Bertz CT molecular complexity index is 1030. The number of aromatic nitrogens is 3. The van der Waals surface area contributed by atoms with Crippen LogP contribution >= 0.6 is 0 Å². The highest BCUT2D eigenvalue weighted by Crippen LogP contribution is 2.18. The molecule has 130 valence electrons. The molecule has 9 heteroatoms. The van der Waals surface area contributed by atoms with E-state index in [0.29, 0.717) is 11.5 Å². The van der Waals surface area contributed by atoms with E-state index in [1.54, 1.807) is 29.5 Å². The molecule has 2 heterocycles. The fraction of sp³-hybridized carbons (Fsp3) is 0.188. The summed E-state index contributed by atoms with van der Waals surface area (Å²) in [6.07, 6.45) is 2.85. The van der Waals surface area contributed by atoms with Gasteiger partial charge in [0.1, 0.15) is 0 Å². The number of carbonyl (C=O) groups excluding carboxylic acids is 1. The van der Waals surface area contributed by atoms with Crippen molar-refractivity contribution in [2.75, 3.05) is 11.0 Å². The first kappa shape index (κ1) is 16.9. The van der Waals surface area contributed by atoms with Crippen LogP contribution in [0.25, 0.3) is 5.65 Å². The van der Waals surface area contributed by atoms with Gasteiger partial charge in [0, 0.05) is 6.20 Å². The number of rotatable bonds is 5. The van der Waals surface area contributed by atoms with Crippen LogP contribution in [-0.4, -0.2) is 35.2 Å². The molecule has 0 aliphatic rings. The lowest BCUT2D eigenvalue weighted by molar-refractivity contribution is 0.0939. The fourth-order valence-corrected chi connectivity index (χ4v) is 3.04. The minimum Gasteiger partial charge on any atom is -0.342 e. The molecule has 0 saturated heterocycles. The Balaban J connectivity index is 1.85. The number of nitrogens with zero attached hydrogens (tertiary/aromatic N) is 3. The highest BCUT2D eigenvalue weighted by Gasteiger charge is 2.19. The first-order chi connectivity index (χ1) is 11.8. The molecule has 1 amide bonds. The molecule has 0 bridgehead atoms. The Kier molecular flexibility index (Phi) is 4.41. The number of nitrogens with one attached hydrogen (secondary N) is 2. The highest BCUT2D eigenvalue weighted by molar-refractivity contribution is 7.92. The number of anilines is 1. The van der Waals surface area contributed by atoms with E-state index in [0.717, 1.165) is 6.26 Å². The molecule has 1 atom stereocenters. The quantitative estimate of drug-likeness (QED) is 0.720. The van der Waals surface area contributed by atoms with Crippen LogP contribution in [0.1, 0.15) is 29.1 Å². The van der Waals surface area contributed by atoms with E-state index in [1.807, 2.05) is 24.4 Å². The standard InChI is InChI=1S/C16H17N5O3S/c1-11(15-19-18-14-9-5-6-10-21(14)15)17-16(22)12-7-3-4-8-13(12)20-25(2,23)24/h3-11,20H,1-2H3,(H,17,22). The zero-order valence-electron chi connectivity index (χ0n) is 13.7. The number of fused-ring (bicyclic) bond motifs is 1. The first-order valence-corrected chi connectivity index (χ1v) is 9.41. The second-order valence-corrected chi connectivity index (χ2v) is 7.35. The average Bonchev–Trinajstić information content (AvgIpc) is 2.98. The third-order valence-corrected chi connectivity index (χ3v) is 4.13. The van der Waals surface area contributed by atoms with Crippen molar-refractivity contribution in [2.24, 2.45) is 0 Å². The van der Waals surface area contributed by atoms with Crippen molar-refractivity contribution in [1.82, 2.24) is 19.9 Å². The summed E-state index contributed by atoms with van der Waals surface area (Å²) >= 11 is 0. The molecule has 2 aromatic heterocycles. The van der Waals surface area contributed by atoms with Gasteiger partial charge in [-0.1, -0.05) is 18.2 Å². The summed E-state index contributed by atoms with van der Waals surface area (Å²) in [5.41, 5.74) is 1.13. The van der Waals surface area contributed by atoms with Gasteiger partial charge in [0.2, 0.25) is 10.0 Å². The first-order valence-electron chi connectivity index (χ1n) is 7.52. The van der Waals surface area contributed by atoms with Crippen LogP contribution in [0.5, 0.6) is 0 Å². The van der Waals surface area contributed by atoms with Crippen molar-refractivity contribution in [3.05, 3.63) is 60.0 Å². The lowest BCUT2D eigenvalue weighted by Gasteiger charge is -2.15. The van der Waals surface area contributed by atoms with Crippen molar-refractivity contribution in [3.63, 3.8) is 0 Å². The summed E-state index contributed by atoms with van der Waals surface area (Å²) in [5.74, 6) is 0.171. The summed E-state index contributed by atoms with van der Waals surface area (Å²) in [4.78, 5) is 12.6. The summed E-state index contributed by atoms with van der Waals surface area (Å²) in [6.45, 7) is 1.79. The Labute approximate surface area is 144 Å². The Hall–Kier alpha value is -2.94. The van der Waals surface area contributed by atoms with Crippen molar-refractivity contribution in [1.29, 1.82) is 0 Å².